The topological polar surface area (TPSA) is 92.3 Å². The third-order valence-electron chi connectivity index (χ3n) is 3.60. The lowest BCUT2D eigenvalue weighted by atomic mass is 10.1. The number of hydrogen-bond donors (Lipinski definition) is 2. The van der Waals surface area contributed by atoms with Crippen LogP contribution in [0.3, 0.4) is 0 Å². The molecule has 7 heteroatoms. The Labute approximate surface area is 135 Å². The van der Waals surface area contributed by atoms with Gasteiger partial charge in [0.25, 0.3) is 0 Å². The molecular formula is C16H20N2O4S. The lowest BCUT2D eigenvalue weighted by molar-refractivity contribution is -0.124. The van der Waals surface area contributed by atoms with E-state index in [1.54, 1.807) is 0 Å². The molecule has 0 bridgehead atoms. The van der Waals surface area contributed by atoms with Crippen LogP contribution in [0.25, 0.3) is 5.57 Å². The molecule has 0 saturated carbocycles. The predicted molar refractivity (Wildman–Crippen MR) is 88.3 cm³/mol. The zero-order valence-electron chi connectivity index (χ0n) is 12.9. The first-order chi connectivity index (χ1) is 10.9. The molecule has 124 valence electrons. The van der Waals surface area contributed by atoms with Crippen LogP contribution in [0.5, 0.6) is 0 Å². The van der Waals surface area contributed by atoms with Crippen molar-refractivity contribution in [3.8, 4) is 0 Å². The molecule has 0 unspecified atom stereocenters. The number of sulfone groups is 1. The van der Waals surface area contributed by atoms with Crippen LogP contribution in [0.2, 0.25) is 0 Å². The van der Waals surface area contributed by atoms with Gasteiger partial charge in [-0.05, 0) is 24.5 Å². The zero-order chi connectivity index (χ0) is 16.9. The molecule has 0 spiro atoms. The summed E-state index contributed by atoms with van der Waals surface area (Å²) in [7, 11) is -3.03. The fourth-order valence-corrected chi connectivity index (χ4v) is 4.06. The van der Waals surface area contributed by atoms with Gasteiger partial charge in [-0.3, -0.25) is 9.59 Å². The molecule has 2 amide bonds. The average Bonchev–Trinajstić information content (AvgIpc) is 2.85. The Bertz CT molecular complexity index is 711. The molecule has 1 saturated heterocycles. The number of carbonyl (C=O) groups is 2. The van der Waals surface area contributed by atoms with E-state index in [9.17, 15) is 18.0 Å². The summed E-state index contributed by atoms with van der Waals surface area (Å²) >= 11 is 0. The van der Waals surface area contributed by atoms with Crippen LogP contribution < -0.4 is 10.6 Å². The highest BCUT2D eigenvalue weighted by Crippen LogP contribution is 2.12. The Morgan fingerprint density at radius 2 is 1.96 bits per heavy atom. The highest BCUT2D eigenvalue weighted by molar-refractivity contribution is 7.91. The van der Waals surface area contributed by atoms with Crippen LogP contribution in [-0.2, 0) is 19.4 Å². The van der Waals surface area contributed by atoms with Gasteiger partial charge in [0.15, 0.2) is 9.84 Å². The van der Waals surface area contributed by atoms with E-state index in [0.29, 0.717) is 6.42 Å². The van der Waals surface area contributed by atoms with Gasteiger partial charge in [0, 0.05) is 12.1 Å². The van der Waals surface area contributed by atoms with Crippen LogP contribution >= 0.6 is 0 Å². The molecule has 1 aromatic carbocycles. The van der Waals surface area contributed by atoms with E-state index in [2.05, 4.69) is 10.6 Å². The summed E-state index contributed by atoms with van der Waals surface area (Å²) in [4.78, 5) is 23.5. The van der Waals surface area contributed by atoms with Crippen molar-refractivity contribution in [2.24, 2.45) is 0 Å². The Kier molecular flexibility index (Phi) is 5.54. The fraction of sp³-hybridized carbons (Fsp3) is 0.375. The molecule has 1 heterocycles. The molecule has 1 fully saturated rings. The normalized spacial score (nSPS) is 20.0. The van der Waals surface area contributed by atoms with E-state index >= 15 is 0 Å². The lowest BCUT2D eigenvalue weighted by Gasteiger charge is -2.11. The van der Waals surface area contributed by atoms with Gasteiger partial charge in [0.05, 0.1) is 18.1 Å². The van der Waals surface area contributed by atoms with Gasteiger partial charge >= 0.3 is 0 Å². The molecule has 1 aromatic rings. The first-order valence-corrected chi connectivity index (χ1v) is 9.19. The van der Waals surface area contributed by atoms with Gasteiger partial charge in [0.1, 0.15) is 0 Å². The number of hydrogen-bond acceptors (Lipinski definition) is 4. The van der Waals surface area contributed by atoms with Crippen molar-refractivity contribution in [3.63, 3.8) is 0 Å². The van der Waals surface area contributed by atoms with E-state index in [1.807, 2.05) is 37.3 Å². The molecular weight excluding hydrogens is 316 g/mol. The van der Waals surface area contributed by atoms with Gasteiger partial charge in [-0.15, -0.1) is 0 Å². The van der Waals surface area contributed by atoms with E-state index in [-0.39, 0.29) is 35.9 Å². The molecule has 0 aromatic heterocycles. The molecule has 2 rings (SSSR count). The summed E-state index contributed by atoms with van der Waals surface area (Å²) in [5.41, 5.74) is 1.73. The standard InChI is InChI=1S/C16H20N2O4S/c1-12(13-5-3-2-4-6-13)9-15(19)17-10-16(20)18-14-7-8-23(21,22)11-14/h2-6,9,14H,7-8,10-11H2,1H3,(H,17,19)(H,18,20)/b12-9+/t14-/m0/s1. The third kappa shape index (κ3) is 5.52. The maximum atomic E-state index is 11.8. The number of allylic oxidation sites excluding steroid dienone is 1. The van der Waals surface area contributed by atoms with E-state index in [4.69, 9.17) is 0 Å². The summed E-state index contributed by atoms with van der Waals surface area (Å²) in [5, 5.41) is 5.12. The van der Waals surface area contributed by atoms with Crippen molar-refractivity contribution in [1.29, 1.82) is 0 Å². The Hall–Kier alpha value is -2.15. The molecule has 1 aliphatic rings. The molecule has 2 N–H and O–H groups in total. The van der Waals surface area contributed by atoms with Crippen molar-refractivity contribution in [2.75, 3.05) is 18.1 Å². The largest absolute Gasteiger partial charge is 0.351 e. The van der Waals surface area contributed by atoms with Crippen LogP contribution in [0.4, 0.5) is 0 Å². The second kappa shape index (κ2) is 7.41. The van der Waals surface area contributed by atoms with Crippen LogP contribution in [0.15, 0.2) is 36.4 Å². The quantitative estimate of drug-likeness (QED) is 0.766. The van der Waals surface area contributed by atoms with E-state index in [0.717, 1.165) is 11.1 Å². The van der Waals surface area contributed by atoms with Crippen molar-refractivity contribution in [2.45, 2.75) is 19.4 Å². The first-order valence-electron chi connectivity index (χ1n) is 7.37. The molecule has 1 aliphatic heterocycles. The predicted octanol–water partition coefficient (Wildman–Crippen LogP) is 0.509. The summed E-state index contributed by atoms with van der Waals surface area (Å²) < 4.78 is 22.6. The number of rotatable bonds is 5. The minimum Gasteiger partial charge on any atom is -0.351 e. The second-order valence-corrected chi connectivity index (χ2v) is 7.81. The summed E-state index contributed by atoms with van der Waals surface area (Å²) in [5.74, 6) is -0.671. The molecule has 0 radical (unpaired) electrons. The Morgan fingerprint density at radius 3 is 2.57 bits per heavy atom. The van der Waals surface area contributed by atoms with Crippen molar-refractivity contribution in [1.82, 2.24) is 10.6 Å². The highest BCUT2D eigenvalue weighted by Gasteiger charge is 2.28. The lowest BCUT2D eigenvalue weighted by Crippen LogP contribution is -2.42. The number of nitrogens with one attached hydrogen (secondary N) is 2. The maximum absolute atomic E-state index is 11.8. The minimum absolute atomic E-state index is 0.0281. The van der Waals surface area contributed by atoms with Crippen LogP contribution in [0, 0.1) is 0 Å². The number of benzene rings is 1. The smallest absolute Gasteiger partial charge is 0.244 e. The highest BCUT2D eigenvalue weighted by atomic mass is 32.2. The monoisotopic (exact) mass is 336 g/mol. The summed E-state index contributed by atoms with van der Waals surface area (Å²) in [6.45, 7) is 1.65. The van der Waals surface area contributed by atoms with Gasteiger partial charge in [-0.25, -0.2) is 8.42 Å². The molecule has 23 heavy (non-hydrogen) atoms. The number of amides is 2. The number of carbonyl (C=O) groups excluding carboxylic acids is 2. The van der Waals surface area contributed by atoms with E-state index < -0.39 is 9.84 Å². The molecule has 0 aliphatic carbocycles. The van der Waals surface area contributed by atoms with Crippen molar-refractivity contribution >= 4 is 27.2 Å². The fourth-order valence-electron chi connectivity index (χ4n) is 2.39. The first kappa shape index (κ1) is 17.2. The van der Waals surface area contributed by atoms with Gasteiger partial charge in [0.2, 0.25) is 11.8 Å². The molecule has 1 atom stereocenters. The second-order valence-electron chi connectivity index (χ2n) is 5.58. The zero-order valence-corrected chi connectivity index (χ0v) is 13.7. The summed E-state index contributed by atoms with van der Waals surface area (Å²) in [6, 6.07) is 9.09. The van der Waals surface area contributed by atoms with Gasteiger partial charge in [-0.2, -0.15) is 0 Å². The van der Waals surface area contributed by atoms with Gasteiger partial charge in [-0.1, -0.05) is 30.3 Å². The van der Waals surface area contributed by atoms with Crippen molar-refractivity contribution in [3.05, 3.63) is 42.0 Å². The SMILES string of the molecule is C/C(=C\C(=O)NCC(=O)N[C@H]1CCS(=O)(=O)C1)c1ccccc1. The third-order valence-corrected chi connectivity index (χ3v) is 5.37. The van der Waals surface area contributed by atoms with E-state index in [1.165, 1.54) is 6.08 Å². The maximum Gasteiger partial charge on any atom is 0.244 e. The van der Waals surface area contributed by atoms with Crippen molar-refractivity contribution < 1.29 is 18.0 Å². The Balaban J connectivity index is 1.79. The van der Waals surface area contributed by atoms with Gasteiger partial charge < -0.3 is 10.6 Å². The summed E-state index contributed by atoms with van der Waals surface area (Å²) in [6.07, 6.45) is 1.86. The molecule has 6 nitrogen and oxygen atoms in total. The van der Waals surface area contributed by atoms with Crippen LogP contribution in [-0.4, -0.2) is 44.3 Å². The minimum atomic E-state index is -3.03. The van der Waals surface area contributed by atoms with Crippen LogP contribution in [0.1, 0.15) is 18.9 Å². The Morgan fingerprint density at radius 1 is 1.26 bits per heavy atom. The average molecular weight is 336 g/mol.